The molecule has 108 valence electrons. The van der Waals surface area contributed by atoms with Crippen LogP contribution >= 0.6 is 27.3 Å². The van der Waals surface area contributed by atoms with Crippen LogP contribution in [-0.2, 0) is 16.6 Å². The average molecular weight is 382 g/mol. The maximum absolute atomic E-state index is 13.6. The van der Waals surface area contributed by atoms with Gasteiger partial charge in [-0.25, -0.2) is 17.2 Å². The highest BCUT2D eigenvalue weighted by atomic mass is 79.9. The Labute approximate surface area is 128 Å². The van der Waals surface area contributed by atoms with Crippen molar-refractivity contribution in [3.05, 3.63) is 51.3 Å². The molecule has 0 radical (unpaired) electrons. The number of sulfonamides is 1. The van der Waals surface area contributed by atoms with Gasteiger partial charge in [0.05, 0.1) is 0 Å². The first kappa shape index (κ1) is 15.6. The lowest BCUT2D eigenvalue weighted by Crippen LogP contribution is -2.26. The molecule has 2 rings (SSSR count). The third kappa shape index (κ3) is 3.08. The lowest BCUT2D eigenvalue weighted by Gasteiger charge is -2.17. The van der Waals surface area contributed by atoms with E-state index in [1.165, 1.54) is 13.1 Å². The molecule has 0 spiro atoms. The number of hydrogen-bond acceptors (Lipinski definition) is 3. The van der Waals surface area contributed by atoms with Crippen molar-refractivity contribution >= 4 is 37.3 Å². The Morgan fingerprint density at radius 1 is 1.30 bits per heavy atom. The van der Waals surface area contributed by atoms with Crippen molar-refractivity contribution in [1.82, 2.24) is 4.31 Å². The van der Waals surface area contributed by atoms with Crippen LogP contribution in [0.1, 0.15) is 5.56 Å². The van der Waals surface area contributed by atoms with Gasteiger partial charge in [0, 0.05) is 29.7 Å². The molecular formula is C12H10BrF2NO2S2. The van der Waals surface area contributed by atoms with Crippen molar-refractivity contribution in [1.29, 1.82) is 0 Å². The van der Waals surface area contributed by atoms with E-state index in [1.807, 2.05) is 0 Å². The second-order valence-corrected chi connectivity index (χ2v) is 8.06. The Bertz CT molecular complexity index is 731. The van der Waals surface area contributed by atoms with Gasteiger partial charge in [-0.15, -0.1) is 11.3 Å². The molecule has 0 N–H and O–H groups in total. The minimum atomic E-state index is -3.71. The van der Waals surface area contributed by atoms with Crippen LogP contribution in [0.15, 0.2) is 38.3 Å². The van der Waals surface area contributed by atoms with E-state index >= 15 is 0 Å². The standard InChI is InChI=1S/C12H10BrF2NO2S2/c1-16(7-8-2-3-9(14)6-11(8)15)20(17,18)12-10(13)4-5-19-12/h2-6H,7H2,1H3. The number of halogens is 3. The van der Waals surface area contributed by atoms with Gasteiger partial charge in [0.2, 0.25) is 0 Å². The fourth-order valence-electron chi connectivity index (χ4n) is 1.58. The summed E-state index contributed by atoms with van der Waals surface area (Å²) in [5.74, 6) is -1.46. The molecule has 1 heterocycles. The van der Waals surface area contributed by atoms with Crippen LogP contribution in [0.4, 0.5) is 8.78 Å². The molecule has 1 aromatic carbocycles. The van der Waals surface area contributed by atoms with Crippen LogP contribution in [0.25, 0.3) is 0 Å². The van der Waals surface area contributed by atoms with Gasteiger partial charge in [0.1, 0.15) is 15.8 Å². The molecular weight excluding hydrogens is 372 g/mol. The molecule has 0 amide bonds. The van der Waals surface area contributed by atoms with Gasteiger partial charge in [-0.05, 0) is 33.4 Å². The number of thiophene rings is 1. The van der Waals surface area contributed by atoms with Gasteiger partial charge in [-0.1, -0.05) is 6.07 Å². The fourth-order valence-corrected chi connectivity index (χ4v) is 5.23. The summed E-state index contributed by atoms with van der Waals surface area (Å²) in [6, 6.07) is 4.70. The average Bonchev–Trinajstić information content (AvgIpc) is 2.79. The van der Waals surface area contributed by atoms with Crippen molar-refractivity contribution in [3.63, 3.8) is 0 Å². The summed E-state index contributed by atoms with van der Waals surface area (Å²) < 4.78 is 52.6. The van der Waals surface area contributed by atoms with Crippen LogP contribution in [0, 0.1) is 11.6 Å². The highest BCUT2D eigenvalue weighted by molar-refractivity contribution is 9.10. The highest BCUT2D eigenvalue weighted by Gasteiger charge is 2.25. The van der Waals surface area contributed by atoms with Crippen LogP contribution < -0.4 is 0 Å². The van der Waals surface area contributed by atoms with Gasteiger partial charge in [-0.2, -0.15) is 4.31 Å². The summed E-state index contributed by atoms with van der Waals surface area (Å²) in [6.45, 7) is -0.168. The number of hydrogen-bond donors (Lipinski definition) is 0. The summed E-state index contributed by atoms with van der Waals surface area (Å²) in [7, 11) is -2.36. The lowest BCUT2D eigenvalue weighted by atomic mass is 10.2. The molecule has 0 unspecified atom stereocenters. The first-order valence-electron chi connectivity index (χ1n) is 5.45. The predicted molar refractivity (Wildman–Crippen MR) is 77.0 cm³/mol. The zero-order valence-electron chi connectivity index (χ0n) is 10.3. The molecule has 1 aromatic heterocycles. The maximum Gasteiger partial charge on any atom is 0.253 e. The Morgan fingerprint density at radius 2 is 2.00 bits per heavy atom. The molecule has 0 bridgehead atoms. The molecule has 0 saturated carbocycles. The van der Waals surface area contributed by atoms with E-state index in [4.69, 9.17) is 0 Å². The molecule has 20 heavy (non-hydrogen) atoms. The minimum Gasteiger partial charge on any atom is -0.207 e. The van der Waals surface area contributed by atoms with Gasteiger partial charge in [-0.3, -0.25) is 0 Å². The normalized spacial score (nSPS) is 12.1. The molecule has 0 aliphatic carbocycles. The fraction of sp³-hybridized carbons (Fsp3) is 0.167. The van der Waals surface area contributed by atoms with Crippen LogP contribution in [0.5, 0.6) is 0 Å². The van der Waals surface area contributed by atoms with Gasteiger partial charge in [0.25, 0.3) is 10.0 Å². The van der Waals surface area contributed by atoms with Crippen molar-refractivity contribution in [2.75, 3.05) is 7.05 Å². The van der Waals surface area contributed by atoms with E-state index in [0.29, 0.717) is 4.47 Å². The first-order valence-corrected chi connectivity index (χ1v) is 8.57. The highest BCUT2D eigenvalue weighted by Crippen LogP contribution is 2.30. The monoisotopic (exact) mass is 381 g/mol. The molecule has 0 saturated heterocycles. The van der Waals surface area contributed by atoms with Crippen molar-refractivity contribution in [2.24, 2.45) is 0 Å². The molecule has 8 heteroatoms. The quantitative estimate of drug-likeness (QED) is 0.810. The molecule has 3 nitrogen and oxygen atoms in total. The Hall–Kier alpha value is -0.830. The van der Waals surface area contributed by atoms with Crippen molar-refractivity contribution in [2.45, 2.75) is 10.8 Å². The van der Waals surface area contributed by atoms with Crippen LogP contribution in [-0.4, -0.2) is 19.8 Å². The largest absolute Gasteiger partial charge is 0.253 e. The van der Waals surface area contributed by atoms with Crippen molar-refractivity contribution in [3.8, 4) is 0 Å². The summed E-state index contributed by atoms with van der Waals surface area (Å²) in [4.78, 5) is 0. The van der Waals surface area contributed by atoms with Crippen LogP contribution in [0.3, 0.4) is 0 Å². The van der Waals surface area contributed by atoms with E-state index in [1.54, 1.807) is 11.4 Å². The second kappa shape index (κ2) is 5.88. The lowest BCUT2D eigenvalue weighted by molar-refractivity contribution is 0.456. The first-order chi connectivity index (χ1) is 9.32. The number of benzene rings is 1. The summed E-state index contributed by atoms with van der Waals surface area (Å²) in [6.07, 6.45) is 0. The molecule has 2 aromatic rings. The summed E-state index contributed by atoms with van der Waals surface area (Å²) >= 11 is 4.23. The van der Waals surface area contributed by atoms with E-state index < -0.39 is 21.7 Å². The molecule has 0 aliphatic heterocycles. The van der Waals surface area contributed by atoms with Gasteiger partial charge in [0.15, 0.2) is 0 Å². The molecule has 0 fully saturated rings. The Kier molecular flexibility index (Phi) is 4.58. The third-order valence-electron chi connectivity index (χ3n) is 2.64. The van der Waals surface area contributed by atoms with Crippen molar-refractivity contribution < 1.29 is 17.2 Å². The van der Waals surface area contributed by atoms with E-state index in [9.17, 15) is 17.2 Å². The van der Waals surface area contributed by atoms with E-state index in [2.05, 4.69) is 15.9 Å². The summed E-state index contributed by atoms with van der Waals surface area (Å²) in [5.41, 5.74) is 0.116. The third-order valence-corrected chi connectivity index (χ3v) is 7.09. The minimum absolute atomic E-state index is 0.116. The molecule has 0 aliphatic rings. The smallest absolute Gasteiger partial charge is 0.207 e. The van der Waals surface area contributed by atoms with E-state index in [-0.39, 0.29) is 16.3 Å². The van der Waals surface area contributed by atoms with Gasteiger partial charge >= 0.3 is 0 Å². The molecule has 0 atom stereocenters. The van der Waals surface area contributed by atoms with Gasteiger partial charge < -0.3 is 0 Å². The number of nitrogens with zero attached hydrogens (tertiary/aromatic N) is 1. The maximum atomic E-state index is 13.6. The van der Waals surface area contributed by atoms with Crippen LogP contribution in [0.2, 0.25) is 0 Å². The predicted octanol–water partition coefficient (Wildman–Crippen LogP) is 3.61. The topological polar surface area (TPSA) is 37.4 Å². The van der Waals surface area contributed by atoms with E-state index in [0.717, 1.165) is 27.8 Å². The zero-order valence-corrected chi connectivity index (χ0v) is 13.5. The Balaban J connectivity index is 2.28. The SMILES string of the molecule is CN(Cc1ccc(F)cc1F)S(=O)(=O)c1sccc1Br. The zero-order chi connectivity index (χ0) is 14.9. The number of rotatable bonds is 4. The second-order valence-electron chi connectivity index (χ2n) is 4.05. The Morgan fingerprint density at radius 3 is 2.55 bits per heavy atom. The summed E-state index contributed by atoms with van der Waals surface area (Å²) in [5, 5.41) is 1.64.